The molecule has 3 rings (SSSR count). The zero-order chi connectivity index (χ0) is 12.9. The Bertz CT molecular complexity index is 462. The van der Waals surface area contributed by atoms with Gasteiger partial charge in [-0.2, -0.15) is 0 Å². The molecule has 110 valence electrons. The van der Waals surface area contributed by atoms with E-state index in [1.807, 2.05) is 12.1 Å². The molecule has 0 bridgehead atoms. The fourth-order valence-corrected chi connectivity index (χ4v) is 2.12. The largest absolute Gasteiger partial charge is 0.474 e. The van der Waals surface area contributed by atoms with Crippen LogP contribution in [0.4, 0.5) is 0 Å². The summed E-state index contributed by atoms with van der Waals surface area (Å²) in [4.78, 5) is 8.65. The first-order valence-corrected chi connectivity index (χ1v) is 7.04. The van der Waals surface area contributed by atoms with Gasteiger partial charge in [0.05, 0.1) is 0 Å². The van der Waals surface area contributed by atoms with Crippen LogP contribution >= 0.6 is 24.0 Å². The topological polar surface area (TPSA) is 58.5 Å². The second-order valence-corrected chi connectivity index (χ2v) is 5.04. The number of pyridine rings is 1. The number of ether oxygens (including phenoxy) is 1. The van der Waals surface area contributed by atoms with Crippen molar-refractivity contribution in [2.45, 2.75) is 38.3 Å². The van der Waals surface area contributed by atoms with Gasteiger partial charge in [-0.3, -0.25) is 4.99 Å². The van der Waals surface area contributed by atoms with Gasteiger partial charge in [0.1, 0.15) is 6.10 Å². The molecule has 0 radical (unpaired) electrons. The zero-order valence-corrected chi connectivity index (χ0v) is 13.8. The molecule has 0 atom stereocenters. The van der Waals surface area contributed by atoms with Gasteiger partial charge in [0.15, 0.2) is 5.96 Å². The Morgan fingerprint density at radius 1 is 1.35 bits per heavy atom. The van der Waals surface area contributed by atoms with E-state index in [2.05, 4.69) is 20.6 Å². The lowest BCUT2D eigenvalue weighted by Gasteiger charge is -2.25. The third-order valence-electron chi connectivity index (χ3n) is 3.50. The fourth-order valence-electron chi connectivity index (χ4n) is 2.12. The van der Waals surface area contributed by atoms with Gasteiger partial charge in [0, 0.05) is 31.9 Å². The van der Waals surface area contributed by atoms with Gasteiger partial charge in [-0.1, -0.05) is 0 Å². The van der Waals surface area contributed by atoms with Crippen molar-refractivity contribution in [2.24, 2.45) is 4.99 Å². The lowest BCUT2D eigenvalue weighted by molar-refractivity contribution is 0.114. The molecule has 1 saturated carbocycles. The Morgan fingerprint density at radius 3 is 2.95 bits per heavy atom. The van der Waals surface area contributed by atoms with E-state index in [9.17, 15) is 0 Å². The van der Waals surface area contributed by atoms with E-state index in [1.54, 1.807) is 6.20 Å². The predicted molar refractivity (Wildman–Crippen MR) is 89.7 cm³/mol. The molecule has 0 amide bonds. The van der Waals surface area contributed by atoms with Crippen LogP contribution in [0.1, 0.15) is 31.2 Å². The highest BCUT2D eigenvalue weighted by molar-refractivity contribution is 14.0. The van der Waals surface area contributed by atoms with E-state index < -0.39 is 0 Å². The molecule has 1 aliphatic carbocycles. The molecule has 6 heteroatoms. The maximum Gasteiger partial charge on any atom is 0.213 e. The molecular formula is C14H21IN4O. The minimum absolute atomic E-state index is 0. The summed E-state index contributed by atoms with van der Waals surface area (Å²) < 4.78 is 5.80. The molecule has 20 heavy (non-hydrogen) atoms. The highest BCUT2D eigenvalue weighted by Crippen LogP contribution is 2.24. The normalized spacial score (nSPS) is 18.1. The number of nitrogens with one attached hydrogen (secondary N) is 2. The van der Waals surface area contributed by atoms with Crippen LogP contribution in [0, 0.1) is 0 Å². The molecular weight excluding hydrogens is 367 g/mol. The van der Waals surface area contributed by atoms with Crippen LogP contribution in [0.2, 0.25) is 0 Å². The third kappa shape index (κ3) is 4.22. The standard InChI is InChI=1S/C14H20N4O.HI/c1-3-12(4-1)19-13-9-11(5-8-15-13)10-18-14-16-6-2-7-17-14;/h5,8-9,12H,1-4,6-7,10H2,(H2,16,17,18);1H. The summed E-state index contributed by atoms with van der Waals surface area (Å²) in [6, 6.07) is 4.01. The average molecular weight is 388 g/mol. The Balaban J connectivity index is 0.00000147. The minimum atomic E-state index is 0. The molecule has 0 spiro atoms. The summed E-state index contributed by atoms with van der Waals surface area (Å²) in [6.07, 6.45) is 6.88. The van der Waals surface area contributed by atoms with Gasteiger partial charge in [-0.15, -0.1) is 24.0 Å². The predicted octanol–water partition coefficient (Wildman–Crippen LogP) is 2.07. The summed E-state index contributed by atoms with van der Waals surface area (Å²) in [6.45, 7) is 2.65. The van der Waals surface area contributed by atoms with Crippen molar-refractivity contribution < 1.29 is 4.74 Å². The van der Waals surface area contributed by atoms with Crippen molar-refractivity contribution in [2.75, 3.05) is 13.1 Å². The second kappa shape index (κ2) is 7.66. The van der Waals surface area contributed by atoms with Crippen LogP contribution in [-0.2, 0) is 6.54 Å². The lowest BCUT2D eigenvalue weighted by Crippen LogP contribution is -2.40. The van der Waals surface area contributed by atoms with Crippen molar-refractivity contribution >= 4 is 29.9 Å². The molecule has 0 aromatic carbocycles. The summed E-state index contributed by atoms with van der Waals surface area (Å²) in [7, 11) is 0. The number of nitrogens with zero attached hydrogens (tertiary/aromatic N) is 2. The monoisotopic (exact) mass is 388 g/mol. The molecule has 2 aliphatic rings. The van der Waals surface area contributed by atoms with Crippen molar-refractivity contribution in [1.29, 1.82) is 0 Å². The van der Waals surface area contributed by atoms with Crippen molar-refractivity contribution in [1.82, 2.24) is 15.6 Å². The van der Waals surface area contributed by atoms with E-state index in [1.165, 1.54) is 12.0 Å². The van der Waals surface area contributed by atoms with E-state index in [0.29, 0.717) is 6.10 Å². The maximum absolute atomic E-state index is 5.80. The SMILES string of the molecule is I.c1cc(CNC2=NCCCN2)cc(OC2CCC2)n1. The van der Waals surface area contributed by atoms with Crippen molar-refractivity contribution in [3.05, 3.63) is 23.9 Å². The number of guanidine groups is 1. The Kier molecular flexibility index (Phi) is 5.87. The smallest absolute Gasteiger partial charge is 0.213 e. The molecule has 2 N–H and O–H groups in total. The van der Waals surface area contributed by atoms with Crippen molar-refractivity contribution in [3.8, 4) is 5.88 Å². The van der Waals surface area contributed by atoms with Gasteiger partial charge >= 0.3 is 0 Å². The van der Waals surface area contributed by atoms with Crippen LogP contribution in [0.15, 0.2) is 23.3 Å². The average Bonchev–Trinajstić information content (AvgIpc) is 2.42. The number of hydrogen-bond donors (Lipinski definition) is 2. The van der Waals surface area contributed by atoms with Gasteiger partial charge in [-0.25, -0.2) is 4.98 Å². The second-order valence-electron chi connectivity index (χ2n) is 5.04. The van der Waals surface area contributed by atoms with Gasteiger partial charge < -0.3 is 15.4 Å². The highest BCUT2D eigenvalue weighted by atomic mass is 127. The lowest BCUT2D eigenvalue weighted by atomic mass is 9.96. The summed E-state index contributed by atoms with van der Waals surface area (Å²) in [5, 5.41) is 6.55. The summed E-state index contributed by atoms with van der Waals surface area (Å²) in [5.74, 6) is 1.63. The molecule has 0 saturated heterocycles. The summed E-state index contributed by atoms with van der Waals surface area (Å²) >= 11 is 0. The number of aromatic nitrogens is 1. The minimum Gasteiger partial charge on any atom is -0.474 e. The number of hydrogen-bond acceptors (Lipinski definition) is 5. The first-order chi connectivity index (χ1) is 9.40. The van der Waals surface area contributed by atoms with E-state index in [0.717, 1.165) is 50.7 Å². The third-order valence-corrected chi connectivity index (χ3v) is 3.50. The quantitative estimate of drug-likeness (QED) is 0.776. The van der Waals surface area contributed by atoms with Gasteiger partial charge in [0.2, 0.25) is 5.88 Å². The first-order valence-electron chi connectivity index (χ1n) is 7.04. The highest BCUT2D eigenvalue weighted by Gasteiger charge is 2.19. The molecule has 5 nitrogen and oxygen atoms in total. The molecule has 1 aliphatic heterocycles. The van der Waals surface area contributed by atoms with Crippen LogP contribution < -0.4 is 15.4 Å². The van der Waals surface area contributed by atoms with E-state index >= 15 is 0 Å². The Hall–Kier alpha value is -1.05. The molecule has 1 aromatic rings. The van der Waals surface area contributed by atoms with Crippen molar-refractivity contribution in [3.63, 3.8) is 0 Å². The zero-order valence-electron chi connectivity index (χ0n) is 11.5. The number of aliphatic imine (C=N–C) groups is 1. The van der Waals surface area contributed by atoms with Crippen LogP contribution in [0.5, 0.6) is 5.88 Å². The molecule has 1 fully saturated rings. The van der Waals surface area contributed by atoms with Gasteiger partial charge in [0.25, 0.3) is 0 Å². The Labute approximate surface area is 136 Å². The molecule has 0 unspecified atom stereocenters. The van der Waals surface area contributed by atoms with E-state index in [-0.39, 0.29) is 24.0 Å². The fraction of sp³-hybridized carbons (Fsp3) is 0.571. The molecule has 2 heterocycles. The maximum atomic E-state index is 5.80. The first kappa shape index (κ1) is 15.3. The van der Waals surface area contributed by atoms with Crippen LogP contribution in [0.3, 0.4) is 0 Å². The number of rotatable bonds is 4. The number of halogens is 1. The van der Waals surface area contributed by atoms with Crippen LogP contribution in [-0.4, -0.2) is 30.1 Å². The molecule has 1 aromatic heterocycles. The van der Waals surface area contributed by atoms with E-state index in [4.69, 9.17) is 4.74 Å². The van der Waals surface area contributed by atoms with Gasteiger partial charge in [-0.05, 0) is 37.3 Å². The Morgan fingerprint density at radius 2 is 2.25 bits per heavy atom. The summed E-state index contributed by atoms with van der Waals surface area (Å²) in [5.41, 5.74) is 1.17. The van der Waals surface area contributed by atoms with Crippen LogP contribution in [0.25, 0.3) is 0 Å².